The number of pyridine rings is 1. The number of anilines is 1. The van der Waals surface area contributed by atoms with Crippen molar-refractivity contribution in [2.45, 2.75) is 57.9 Å². The van der Waals surface area contributed by atoms with Crippen LogP contribution < -0.4 is 11.1 Å². The summed E-state index contributed by atoms with van der Waals surface area (Å²) in [5.41, 5.74) is 5.72. The number of nitrogens with one attached hydrogen (secondary N) is 1. The van der Waals surface area contributed by atoms with Crippen LogP contribution >= 0.6 is 0 Å². The lowest BCUT2D eigenvalue weighted by Crippen LogP contribution is -2.53. The van der Waals surface area contributed by atoms with Gasteiger partial charge in [-0.15, -0.1) is 0 Å². The van der Waals surface area contributed by atoms with Gasteiger partial charge < -0.3 is 16.0 Å². The van der Waals surface area contributed by atoms with Gasteiger partial charge >= 0.3 is 11.8 Å². The maximum absolute atomic E-state index is 12.9. The standard InChI is InChI=1S/C20H28N4O3/c1-13-7-8-17(14-5-3-2-4-6-14)24(12-13)20(27)19(26)23-16-9-15(18(21)25)10-22-11-16/h9-11,13-14,17H,2-8,12H2,1H3,(H2,21,25)(H,23,26)/t13-,17-/m0/s1. The number of primary amides is 1. The molecule has 2 atom stereocenters. The van der Waals surface area contributed by atoms with Gasteiger partial charge in [-0.2, -0.15) is 0 Å². The summed E-state index contributed by atoms with van der Waals surface area (Å²) < 4.78 is 0. The van der Waals surface area contributed by atoms with E-state index in [0.717, 1.165) is 25.7 Å². The summed E-state index contributed by atoms with van der Waals surface area (Å²) >= 11 is 0. The molecule has 1 aliphatic carbocycles. The number of carbonyl (C=O) groups is 3. The molecule has 2 heterocycles. The molecule has 2 aliphatic rings. The van der Waals surface area contributed by atoms with Crippen molar-refractivity contribution in [1.29, 1.82) is 0 Å². The fourth-order valence-electron chi connectivity index (χ4n) is 4.37. The number of hydrogen-bond acceptors (Lipinski definition) is 4. The number of amides is 3. The van der Waals surface area contributed by atoms with Crippen LogP contribution in [0.2, 0.25) is 0 Å². The van der Waals surface area contributed by atoms with Crippen LogP contribution in [0.1, 0.15) is 62.2 Å². The minimum atomic E-state index is -0.687. The number of hydrogen-bond donors (Lipinski definition) is 2. The van der Waals surface area contributed by atoms with E-state index in [-0.39, 0.29) is 11.6 Å². The van der Waals surface area contributed by atoms with Crippen molar-refractivity contribution >= 4 is 23.4 Å². The minimum absolute atomic E-state index is 0.148. The maximum atomic E-state index is 12.9. The van der Waals surface area contributed by atoms with E-state index in [1.165, 1.54) is 37.7 Å². The van der Waals surface area contributed by atoms with Crippen molar-refractivity contribution in [3.05, 3.63) is 24.0 Å². The Labute approximate surface area is 159 Å². The first-order valence-corrected chi connectivity index (χ1v) is 9.82. The van der Waals surface area contributed by atoms with Crippen molar-refractivity contribution in [3.8, 4) is 0 Å². The molecule has 1 saturated carbocycles. The fraction of sp³-hybridized carbons (Fsp3) is 0.600. The second-order valence-electron chi connectivity index (χ2n) is 7.89. The first-order chi connectivity index (χ1) is 13.0. The van der Waals surface area contributed by atoms with E-state index in [2.05, 4.69) is 17.2 Å². The molecule has 0 aromatic carbocycles. The number of nitrogens with zero attached hydrogens (tertiary/aromatic N) is 2. The van der Waals surface area contributed by atoms with E-state index in [1.807, 2.05) is 0 Å². The SMILES string of the molecule is C[C@H]1CC[C@@H](C2CCCCC2)N(C(=O)C(=O)Nc2cncc(C(N)=O)c2)C1. The molecule has 0 bridgehead atoms. The Morgan fingerprint density at radius 3 is 2.56 bits per heavy atom. The molecule has 3 rings (SSSR count). The van der Waals surface area contributed by atoms with E-state index in [9.17, 15) is 14.4 Å². The predicted molar refractivity (Wildman–Crippen MR) is 102 cm³/mol. The molecule has 3 amide bonds. The molecule has 1 aromatic heterocycles. The van der Waals surface area contributed by atoms with Crippen LogP contribution in [-0.2, 0) is 9.59 Å². The zero-order valence-electron chi connectivity index (χ0n) is 15.8. The highest BCUT2D eigenvalue weighted by atomic mass is 16.2. The maximum Gasteiger partial charge on any atom is 0.313 e. The van der Waals surface area contributed by atoms with Gasteiger partial charge in [0.05, 0.1) is 17.4 Å². The average Bonchev–Trinajstić information content (AvgIpc) is 2.68. The van der Waals surface area contributed by atoms with E-state index in [1.54, 1.807) is 4.90 Å². The Hall–Kier alpha value is -2.44. The van der Waals surface area contributed by atoms with Gasteiger partial charge in [-0.05, 0) is 43.6 Å². The number of rotatable bonds is 3. The van der Waals surface area contributed by atoms with Gasteiger partial charge in [-0.3, -0.25) is 19.4 Å². The Kier molecular flexibility index (Phi) is 6.08. The zero-order valence-corrected chi connectivity index (χ0v) is 15.8. The molecule has 2 fully saturated rings. The number of likely N-dealkylation sites (tertiary alicyclic amines) is 1. The van der Waals surface area contributed by atoms with Crippen molar-refractivity contribution < 1.29 is 14.4 Å². The van der Waals surface area contributed by atoms with Gasteiger partial charge in [0.2, 0.25) is 5.91 Å². The van der Waals surface area contributed by atoms with Gasteiger partial charge in [0.25, 0.3) is 0 Å². The zero-order chi connectivity index (χ0) is 19.4. The van der Waals surface area contributed by atoms with Gasteiger partial charge in [0, 0.05) is 18.8 Å². The van der Waals surface area contributed by atoms with Crippen LogP contribution in [0.5, 0.6) is 0 Å². The van der Waals surface area contributed by atoms with E-state index in [0.29, 0.717) is 24.1 Å². The molecule has 7 nitrogen and oxygen atoms in total. The molecular weight excluding hydrogens is 344 g/mol. The highest BCUT2D eigenvalue weighted by Crippen LogP contribution is 2.35. The lowest BCUT2D eigenvalue weighted by atomic mass is 9.78. The highest BCUT2D eigenvalue weighted by Gasteiger charge is 2.37. The predicted octanol–water partition coefficient (Wildman–Crippen LogP) is 2.33. The number of piperidine rings is 1. The van der Waals surface area contributed by atoms with Crippen LogP contribution in [0.4, 0.5) is 5.69 Å². The lowest BCUT2D eigenvalue weighted by Gasteiger charge is -2.43. The number of aromatic nitrogens is 1. The van der Waals surface area contributed by atoms with Crippen molar-refractivity contribution in [2.24, 2.45) is 17.6 Å². The van der Waals surface area contributed by atoms with Crippen LogP contribution in [0, 0.1) is 11.8 Å². The molecular formula is C20H28N4O3. The summed E-state index contributed by atoms with van der Waals surface area (Å²) in [5.74, 6) is -0.939. The van der Waals surface area contributed by atoms with Crippen LogP contribution in [0.15, 0.2) is 18.5 Å². The number of nitrogens with two attached hydrogens (primary N) is 1. The molecule has 3 N–H and O–H groups in total. The minimum Gasteiger partial charge on any atom is -0.366 e. The first kappa shape index (κ1) is 19.3. The Morgan fingerprint density at radius 1 is 1.11 bits per heavy atom. The summed E-state index contributed by atoms with van der Waals surface area (Å²) in [7, 11) is 0. The molecule has 27 heavy (non-hydrogen) atoms. The van der Waals surface area contributed by atoms with Crippen LogP contribution in [-0.4, -0.2) is 40.2 Å². The van der Waals surface area contributed by atoms with E-state index < -0.39 is 17.7 Å². The third-order valence-corrected chi connectivity index (χ3v) is 5.79. The Bertz CT molecular complexity index is 715. The molecule has 7 heteroatoms. The monoisotopic (exact) mass is 372 g/mol. The summed E-state index contributed by atoms with van der Waals surface area (Å²) in [5, 5.41) is 2.57. The molecule has 1 aliphatic heterocycles. The fourth-order valence-corrected chi connectivity index (χ4v) is 4.37. The van der Waals surface area contributed by atoms with Crippen molar-refractivity contribution in [1.82, 2.24) is 9.88 Å². The quantitative estimate of drug-likeness (QED) is 0.794. The average molecular weight is 372 g/mol. The Morgan fingerprint density at radius 2 is 1.85 bits per heavy atom. The van der Waals surface area contributed by atoms with Gasteiger partial charge in [0.1, 0.15) is 0 Å². The van der Waals surface area contributed by atoms with Crippen LogP contribution in [0.25, 0.3) is 0 Å². The van der Waals surface area contributed by atoms with Gasteiger partial charge in [-0.25, -0.2) is 0 Å². The lowest BCUT2D eigenvalue weighted by molar-refractivity contribution is -0.147. The van der Waals surface area contributed by atoms with Gasteiger partial charge in [-0.1, -0.05) is 26.2 Å². The topological polar surface area (TPSA) is 105 Å². The summed E-state index contributed by atoms with van der Waals surface area (Å²) in [4.78, 5) is 42.4. The molecule has 0 spiro atoms. The summed E-state index contributed by atoms with van der Waals surface area (Å²) in [6.07, 6.45) is 10.7. The molecule has 0 radical (unpaired) electrons. The van der Waals surface area contributed by atoms with Crippen molar-refractivity contribution in [3.63, 3.8) is 0 Å². The molecule has 0 unspecified atom stereocenters. The largest absolute Gasteiger partial charge is 0.366 e. The normalized spacial score (nSPS) is 23.7. The van der Waals surface area contributed by atoms with Crippen LogP contribution in [0.3, 0.4) is 0 Å². The van der Waals surface area contributed by atoms with E-state index in [4.69, 9.17) is 5.73 Å². The molecule has 1 aromatic rings. The van der Waals surface area contributed by atoms with Crippen molar-refractivity contribution in [2.75, 3.05) is 11.9 Å². The first-order valence-electron chi connectivity index (χ1n) is 9.82. The van der Waals surface area contributed by atoms with E-state index >= 15 is 0 Å². The summed E-state index contributed by atoms with van der Waals surface area (Å²) in [6, 6.07) is 1.58. The number of carbonyl (C=O) groups excluding carboxylic acids is 3. The highest BCUT2D eigenvalue weighted by molar-refractivity contribution is 6.39. The third kappa shape index (κ3) is 4.64. The Balaban J connectivity index is 1.71. The molecule has 146 valence electrons. The second-order valence-corrected chi connectivity index (χ2v) is 7.89. The molecule has 1 saturated heterocycles. The second kappa shape index (κ2) is 8.50. The smallest absolute Gasteiger partial charge is 0.313 e. The third-order valence-electron chi connectivity index (χ3n) is 5.79. The van der Waals surface area contributed by atoms with Gasteiger partial charge in [0.15, 0.2) is 0 Å². The summed E-state index contributed by atoms with van der Waals surface area (Å²) in [6.45, 7) is 2.74.